The number of fused-ring (bicyclic) bond motifs is 1. The summed E-state index contributed by atoms with van der Waals surface area (Å²) in [5, 5.41) is 3.28. The lowest BCUT2D eigenvalue weighted by atomic mass is 9.99. The lowest BCUT2D eigenvalue weighted by molar-refractivity contribution is 0.342. The molecule has 3 nitrogen and oxygen atoms in total. The normalized spacial score (nSPS) is 16.9. The smallest absolute Gasteiger partial charge is 0.107 e. The molecule has 15 heavy (non-hydrogen) atoms. The van der Waals surface area contributed by atoms with Crippen molar-refractivity contribution >= 4 is 27.0 Å². The van der Waals surface area contributed by atoms with E-state index in [4.69, 9.17) is 0 Å². The van der Waals surface area contributed by atoms with Crippen LogP contribution in [0.15, 0.2) is 22.7 Å². The summed E-state index contributed by atoms with van der Waals surface area (Å²) in [6.45, 7) is 2.25. The van der Waals surface area contributed by atoms with Crippen LogP contribution in [0.2, 0.25) is 0 Å². The number of aromatic nitrogens is 2. The van der Waals surface area contributed by atoms with Gasteiger partial charge in [0.1, 0.15) is 5.82 Å². The first-order valence-electron chi connectivity index (χ1n) is 5.16. The molecule has 0 radical (unpaired) electrons. The molecule has 0 aliphatic carbocycles. The first-order chi connectivity index (χ1) is 7.31. The molecule has 4 heteroatoms. The molecule has 1 saturated heterocycles. The standard InChI is InChI=1S/C11H12BrN3/c12-8-1-2-9-10(4-8)15-11(14-9)3-7-5-13-6-7/h1-2,4,7,13H,3,5-6H2,(H,14,15). The van der Waals surface area contributed by atoms with Crippen molar-refractivity contribution in [2.45, 2.75) is 6.42 Å². The molecule has 2 N–H and O–H groups in total. The Morgan fingerprint density at radius 2 is 2.27 bits per heavy atom. The lowest BCUT2D eigenvalue weighted by Crippen LogP contribution is -2.43. The molecule has 0 amide bonds. The zero-order valence-corrected chi connectivity index (χ0v) is 9.84. The van der Waals surface area contributed by atoms with Gasteiger partial charge in [-0.1, -0.05) is 15.9 Å². The zero-order chi connectivity index (χ0) is 10.3. The third-order valence-electron chi connectivity index (χ3n) is 2.84. The minimum atomic E-state index is 0.758. The van der Waals surface area contributed by atoms with Crippen molar-refractivity contribution in [1.82, 2.24) is 15.3 Å². The number of imidazole rings is 1. The van der Waals surface area contributed by atoms with Crippen LogP contribution in [-0.2, 0) is 6.42 Å². The van der Waals surface area contributed by atoms with Crippen molar-refractivity contribution in [1.29, 1.82) is 0 Å². The predicted octanol–water partition coefficient (Wildman–Crippen LogP) is 2.09. The largest absolute Gasteiger partial charge is 0.342 e. The first kappa shape index (κ1) is 9.36. The number of halogens is 1. The molecule has 0 saturated carbocycles. The van der Waals surface area contributed by atoms with Crippen LogP contribution in [0.3, 0.4) is 0 Å². The number of benzene rings is 1. The van der Waals surface area contributed by atoms with Crippen LogP contribution in [0.5, 0.6) is 0 Å². The van der Waals surface area contributed by atoms with Gasteiger partial charge in [-0.2, -0.15) is 0 Å². The van der Waals surface area contributed by atoms with Crippen LogP contribution in [0, 0.1) is 5.92 Å². The van der Waals surface area contributed by atoms with Crippen molar-refractivity contribution in [3.63, 3.8) is 0 Å². The van der Waals surface area contributed by atoms with Crippen LogP contribution >= 0.6 is 15.9 Å². The van der Waals surface area contributed by atoms with E-state index in [2.05, 4.69) is 37.3 Å². The van der Waals surface area contributed by atoms with Gasteiger partial charge in [0, 0.05) is 10.9 Å². The van der Waals surface area contributed by atoms with E-state index in [0.717, 1.165) is 46.8 Å². The van der Waals surface area contributed by atoms with Gasteiger partial charge in [-0.15, -0.1) is 0 Å². The van der Waals surface area contributed by atoms with Gasteiger partial charge in [0.05, 0.1) is 11.0 Å². The van der Waals surface area contributed by atoms with Crippen LogP contribution in [0.1, 0.15) is 5.82 Å². The van der Waals surface area contributed by atoms with Crippen LogP contribution in [0.4, 0.5) is 0 Å². The van der Waals surface area contributed by atoms with Gasteiger partial charge >= 0.3 is 0 Å². The Kier molecular flexibility index (Phi) is 2.25. The summed E-state index contributed by atoms with van der Waals surface area (Å²) in [7, 11) is 0. The van der Waals surface area contributed by atoms with Crippen molar-refractivity contribution in [3.05, 3.63) is 28.5 Å². The third-order valence-corrected chi connectivity index (χ3v) is 3.33. The SMILES string of the molecule is Brc1ccc2nc(CC3CNC3)[nH]c2c1. The van der Waals surface area contributed by atoms with Crippen molar-refractivity contribution in [3.8, 4) is 0 Å². The fourth-order valence-electron chi connectivity index (χ4n) is 1.90. The van der Waals surface area contributed by atoms with E-state index >= 15 is 0 Å². The summed E-state index contributed by atoms with van der Waals surface area (Å²) in [5.74, 6) is 1.86. The molecular formula is C11H12BrN3. The Balaban J connectivity index is 1.91. The maximum atomic E-state index is 4.57. The Bertz CT molecular complexity index is 488. The molecule has 78 valence electrons. The van der Waals surface area contributed by atoms with Crippen molar-refractivity contribution in [2.75, 3.05) is 13.1 Å². The summed E-state index contributed by atoms with van der Waals surface area (Å²) in [4.78, 5) is 7.94. The predicted molar refractivity (Wildman–Crippen MR) is 63.9 cm³/mol. The highest BCUT2D eigenvalue weighted by Gasteiger charge is 2.18. The monoisotopic (exact) mass is 265 g/mol. The number of hydrogen-bond donors (Lipinski definition) is 2. The molecule has 0 spiro atoms. The van der Waals surface area contributed by atoms with Crippen LogP contribution < -0.4 is 5.32 Å². The molecule has 0 unspecified atom stereocenters. The molecular weight excluding hydrogens is 254 g/mol. The summed E-state index contributed by atoms with van der Waals surface area (Å²) in [6, 6.07) is 6.14. The van der Waals surface area contributed by atoms with Crippen molar-refractivity contribution < 1.29 is 0 Å². The molecule has 0 atom stereocenters. The van der Waals surface area contributed by atoms with E-state index < -0.39 is 0 Å². The van der Waals surface area contributed by atoms with Crippen molar-refractivity contribution in [2.24, 2.45) is 5.92 Å². The minimum absolute atomic E-state index is 0.758. The summed E-state index contributed by atoms with van der Waals surface area (Å²) in [5.41, 5.74) is 2.17. The fraction of sp³-hybridized carbons (Fsp3) is 0.364. The first-order valence-corrected chi connectivity index (χ1v) is 5.95. The second kappa shape index (κ2) is 3.61. The second-order valence-electron chi connectivity index (χ2n) is 4.07. The van der Waals surface area contributed by atoms with Gasteiger partial charge in [-0.3, -0.25) is 0 Å². The third kappa shape index (κ3) is 1.79. The fourth-order valence-corrected chi connectivity index (χ4v) is 2.26. The topological polar surface area (TPSA) is 40.7 Å². The molecule has 1 aliphatic rings. The molecule has 1 aliphatic heterocycles. The average molecular weight is 266 g/mol. The van der Waals surface area contributed by atoms with Gasteiger partial charge < -0.3 is 10.3 Å². The number of aromatic amines is 1. The van der Waals surface area contributed by atoms with E-state index in [0.29, 0.717) is 0 Å². The maximum Gasteiger partial charge on any atom is 0.107 e. The van der Waals surface area contributed by atoms with Gasteiger partial charge in [0.2, 0.25) is 0 Å². The zero-order valence-electron chi connectivity index (χ0n) is 8.26. The molecule has 3 rings (SSSR count). The number of hydrogen-bond acceptors (Lipinski definition) is 2. The highest BCUT2D eigenvalue weighted by Crippen LogP contribution is 2.19. The Morgan fingerprint density at radius 3 is 3.00 bits per heavy atom. The van der Waals surface area contributed by atoms with Crippen LogP contribution in [-0.4, -0.2) is 23.1 Å². The summed E-state index contributed by atoms with van der Waals surface area (Å²) >= 11 is 3.46. The molecule has 0 bridgehead atoms. The average Bonchev–Trinajstić information content (AvgIpc) is 2.53. The van der Waals surface area contributed by atoms with Gasteiger partial charge in [-0.25, -0.2) is 4.98 Å². The maximum absolute atomic E-state index is 4.57. The highest BCUT2D eigenvalue weighted by atomic mass is 79.9. The highest BCUT2D eigenvalue weighted by molar-refractivity contribution is 9.10. The Hall–Kier alpha value is -0.870. The summed E-state index contributed by atoms with van der Waals surface area (Å²) < 4.78 is 1.09. The quantitative estimate of drug-likeness (QED) is 0.873. The van der Waals surface area contributed by atoms with Gasteiger partial charge in [-0.05, 0) is 37.2 Å². The van der Waals surface area contributed by atoms with E-state index in [1.165, 1.54) is 0 Å². The molecule has 1 aromatic carbocycles. The van der Waals surface area contributed by atoms with E-state index in [9.17, 15) is 0 Å². The van der Waals surface area contributed by atoms with E-state index in [-0.39, 0.29) is 0 Å². The number of nitrogens with one attached hydrogen (secondary N) is 2. The lowest BCUT2D eigenvalue weighted by Gasteiger charge is -2.25. The summed E-state index contributed by atoms with van der Waals surface area (Å²) in [6.07, 6.45) is 1.05. The molecule has 2 aromatic rings. The second-order valence-corrected chi connectivity index (χ2v) is 4.99. The van der Waals surface area contributed by atoms with Crippen LogP contribution in [0.25, 0.3) is 11.0 Å². The Labute approximate surface area is 96.4 Å². The number of rotatable bonds is 2. The number of H-pyrrole nitrogens is 1. The Morgan fingerprint density at radius 1 is 1.40 bits per heavy atom. The number of nitrogens with zero attached hydrogens (tertiary/aromatic N) is 1. The van der Waals surface area contributed by atoms with E-state index in [1.807, 2.05) is 12.1 Å². The molecule has 1 fully saturated rings. The van der Waals surface area contributed by atoms with Gasteiger partial charge in [0.25, 0.3) is 0 Å². The molecule has 2 heterocycles. The molecule has 1 aromatic heterocycles. The van der Waals surface area contributed by atoms with E-state index in [1.54, 1.807) is 0 Å². The minimum Gasteiger partial charge on any atom is -0.342 e. The van der Waals surface area contributed by atoms with Gasteiger partial charge in [0.15, 0.2) is 0 Å².